The van der Waals surface area contributed by atoms with Crippen molar-refractivity contribution in [3.05, 3.63) is 29.8 Å². The molecular weight excluding hydrogens is 386 g/mol. The summed E-state index contributed by atoms with van der Waals surface area (Å²) in [4.78, 5) is 36.6. The summed E-state index contributed by atoms with van der Waals surface area (Å²) in [7, 11) is -3.70. The van der Waals surface area contributed by atoms with Gasteiger partial charge in [0.2, 0.25) is 15.9 Å². The van der Waals surface area contributed by atoms with Gasteiger partial charge in [0.25, 0.3) is 5.91 Å². The summed E-state index contributed by atoms with van der Waals surface area (Å²) < 4.78 is 31.7. The van der Waals surface area contributed by atoms with Crippen LogP contribution >= 0.6 is 0 Å². The Morgan fingerprint density at radius 2 is 1.64 bits per heavy atom. The molecule has 0 spiro atoms. The van der Waals surface area contributed by atoms with Crippen LogP contribution in [0.2, 0.25) is 0 Å². The van der Waals surface area contributed by atoms with Gasteiger partial charge in [0.05, 0.1) is 11.0 Å². The highest BCUT2D eigenvalue weighted by Gasteiger charge is 2.29. The van der Waals surface area contributed by atoms with E-state index in [0.29, 0.717) is 13.1 Å². The maximum atomic E-state index is 12.7. The first-order valence-corrected chi connectivity index (χ1v) is 10.4. The molecule has 0 atom stereocenters. The number of sulfonamides is 1. The monoisotopic (exact) mass is 411 g/mol. The first-order valence-electron chi connectivity index (χ1n) is 8.94. The van der Waals surface area contributed by atoms with Crippen molar-refractivity contribution in [3.63, 3.8) is 0 Å². The number of esters is 1. The van der Waals surface area contributed by atoms with Crippen molar-refractivity contribution in [1.29, 1.82) is 0 Å². The molecule has 1 aromatic rings. The molecule has 2 amide bonds. The number of nitrogens with zero attached hydrogens (tertiary/aromatic N) is 2. The Morgan fingerprint density at radius 3 is 2.14 bits per heavy atom. The lowest BCUT2D eigenvalue weighted by molar-refractivity contribution is -0.146. The Bertz CT molecular complexity index is 827. The standard InChI is InChI=1S/C18H25N3O6S/c1-13(2)27-17(23)12-19-18(24)15-4-6-16(7-5-15)28(25,26)21-10-8-20(9-11-21)14(3)22/h4-7,13H,8-12H2,1-3H3,(H,19,24). The molecule has 154 valence electrons. The molecule has 0 aromatic heterocycles. The number of rotatable bonds is 6. The number of ether oxygens (including phenoxy) is 1. The number of hydrogen-bond donors (Lipinski definition) is 1. The second-order valence-corrected chi connectivity index (χ2v) is 8.59. The SMILES string of the molecule is CC(=O)N1CCN(S(=O)(=O)c2ccc(C(=O)NCC(=O)OC(C)C)cc2)CC1. The second-order valence-electron chi connectivity index (χ2n) is 6.66. The summed E-state index contributed by atoms with van der Waals surface area (Å²) in [5, 5.41) is 2.43. The van der Waals surface area contributed by atoms with Crippen molar-refractivity contribution < 1.29 is 27.5 Å². The molecule has 1 N–H and O–H groups in total. The highest BCUT2D eigenvalue weighted by molar-refractivity contribution is 7.89. The summed E-state index contributed by atoms with van der Waals surface area (Å²) in [6.45, 7) is 5.75. The van der Waals surface area contributed by atoms with Gasteiger partial charge >= 0.3 is 5.97 Å². The third-order valence-corrected chi connectivity index (χ3v) is 6.11. The third kappa shape index (κ3) is 5.52. The molecule has 0 radical (unpaired) electrons. The van der Waals surface area contributed by atoms with Crippen LogP contribution in [0.1, 0.15) is 31.1 Å². The van der Waals surface area contributed by atoms with E-state index in [0.717, 1.165) is 0 Å². The minimum Gasteiger partial charge on any atom is -0.462 e. The lowest BCUT2D eigenvalue weighted by atomic mass is 10.2. The Labute approximate surface area is 164 Å². The van der Waals surface area contributed by atoms with Crippen LogP contribution in [0.3, 0.4) is 0 Å². The van der Waals surface area contributed by atoms with Gasteiger partial charge in [-0.25, -0.2) is 8.42 Å². The van der Waals surface area contributed by atoms with Crippen LogP contribution in [0, 0.1) is 0 Å². The fourth-order valence-electron chi connectivity index (χ4n) is 2.73. The molecule has 9 nitrogen and oxygen atoms in total. The highest BCUT2D eigenvalue weighted by atomic mass is 32.2. The smallest absolute Gasteiger partial charge is 0.325 e. The number of carbonyl (C=O) groups is 3. The summed E-state index contributed by atoms with van der Waals surface area (Å²) >= 11 is 0. The van der Waals surface area contributed by atoms with Crippen molar-refractivity contribution in [1.82, 2.24) is 14.5 Å². The van der Waals surface area contributed by atoms with E-state index in [1.54, 1.807) is 18.7 Å². The van der Waals surface area contributed by atoms with E-state index in [1.165, 1.54) is 35.5 Å². The number of piperazine rings is 1. The van der Waals surface area contributed by atoms with Gasteiger partial charge < -0.3 is 15.0 Å². The molecule has 28 heavy (non-hydrogen) atoms. The molecule has 1 aliphatic rings. The van der Waals surface area contributed by atoms with Crippen LogP contribution in [0.15, 0.2) is 29.2 Å². The first-order chi connectivity index (χ1) is 13.1. The van der Waals surface area contributed by atoms with Gasteiger partial charge in [0.15, 0.2) is 0 Å². The van der Waals surface area contributed by atoms with Gasteiger partial charge in [0, 0.05) is 38.7 Å². The zero-order chi connectivity index (χ0) is 20.9. The van der Waals surface area contributed by atoms with Crippen LogP contribution in [0.25, 0.3) is 0 Å². The number of nitrogens with one attached hydrogen (secondary N) is 1. The van der Waals surface area contributed by atoms with Crippen molar-refractivity contribution >= 4 is 27.8 Å². The molecule has 10 heteroatoms. The third-order valence-electron chi connectivity index (χ3n) is 4.20. The van der Waals surface area contributed by atoms with Crippen molar-refractivity contribution in [2.45, 2.75) is 31.8 Å². The minimum absolute atomic E-state index is 0.0690. The van der Waals surface area contributed by atoms with Crippen LogP contribution in [-0.2, 0) is 24.3 Å². The fraction of sp³-hybridized carbons (Fsp3) is 0.500. The van der Waals surface area contributed by atoms with E-state index in [4.69, 9.17) is 4.74 Å². The Balaban J connectivity index is 1.98. The molecule has 0 aliphatic carbocycles. The Kier molecular flexibility index (Phi) is 7.14. The predicted molar refractivity (Wildman–Crippen MR) is 101 cm³/mol. The summed E-state index contributed by atoms with van der Waals surface area (Å²) in [6, 6.07) is 5.49. The normalized spacial score (nSPS) is 15.4. The van der Waals surface area contributed by atoms with E-state index < -0.39 is 21.9 Å². The van der Waals surface area contributed by atoms with E-state index in [1.807, 2.05) is 0 Å². The Morgan fingerprint density at radius 1 is 1.07 bits per heavy atom. The second kappa shape index (κ2) is 9.16. The molecule has 1 fully saturated rings. The molecule has 2 rings (SSSR count). The minimum atomic E-state index is -3.70. The zero-order valence-electron chi connectivity index (χ0n) is 16.2. The lowest BCUT2D eigenvalue weighted by Crippen LogP contribution is -2.49. The van der Waals surface area contributed by atoms with E-state index in [9.17, 15) is 22.8 Å². The van der Waals surface area contributed by atoms with Gasteiger partial charge in [-0.2, -0.15) is 4.31 Å². The molecule has 0 unspecified atom stereocenters. The molecule has 1 heterocycles. The molecule has 1 aromatic carbocycles. The Hall–Kier alpha value is -2.46. The highest BCUT2D eigenvalue weighted by Crippen LogP contribution is 2.18. The van der Waals surface area contributed by atoms with Gasteiger partial charge in [0.1, 0.15) is 6.54 Å². The van der Waals surface area contributed by atoms with Gasteiger partial charge in [-0.1, -0.05) is 0 Å². The zero-order valence-corrected chi connectivity index (χ0v) is 17.0. The number of hydrogen-bond acceptors (Lipinski definition) is 6. The first kappa shape index (κ1) is 21.8. The molecule has 1 aliphatic heterocycles. The van der Waals surface area contributed by atoms with Crippen molar-refractivity contribution in [3.8, 4) is 0 Å². The average Bonchev–Trinajstić information content (AvgIpc) is 2.65. The quantitative estimate of drug-likeness (QED) is 0.670. The molecule has 1 saturated heterocycles. The topological polar surface area (TPSA) is 113 Å². The van der Waals surface area contributed by atoms with Crippen LogP contribution in [0.4, 0.5) is 0 Å². The summed E-state index contributed by atoms with van der Waals surface area (Å²) in [6.07, 6.45) is -0.272. The van der Waals surface area contributed by atoms with E-state index in [-0.39, 0.29) is 42.1 Å². The molecular formula is C18H25N3O6S. The van der Waals surface area contributed by atoms with E-state index in [2.05, 4.69) is 5.32 Å². The average molecular weight is 411 g/mol. The maximum Gasteiger partial charge on any atom is 0.325 e. The van der Waals surface area contributed by atoms with Crippen LogP contribution in [0.5, 0.6) is 0 Å². The number of amides is 2. The lowest BCUT2D eigenvalue weighted by Gasteiger charge is -2.33. The van der Waals surface area contributed by atoms with Crippen molar-refractivity contribution in [2.24, 2.45) is 0 Å². The number of benzene rings is 1. The van der Waals surface area contributed by atoms with Gasteiger partial charge in [-0.15, -0.1) is 0 Å². The largest absolute Gasteiger partial charge is 0.462 e. The fourth-order valence-corrected chi connectivity index (χ4v) is 4.15. The summed E-state index contributed by atoms with van der Waals surface area (Å²) in [5.41, 5.74) is 0.234. The van der Waals surface area contributed by atoms with Gasteiger partial charge in [-0.05, 0) is 38.1 Å². The predicted octanol–water partition coefficient (Wildman–Crippen LogP) is 0.221. The molecule has 0 bridgehead atoms. The van der Waals surface area contributed by atoms with Crippen LogP contribution in [-0.4, -0.2) is 74.2 Å². The molecule has 0 saturated carbocycles. The maximum absolute atomic E-state index is 12.7. The van der Waals surface area contributed by atoms with Crippen molar-refractivity contribution in [2.75, 3.05) is 32.7 Å². The summed E-state index contributed by atoms with van der Waals surface area (Å²) in [5.74, 6) is -1.13. The van der Waals surface area contributed by atoms with Gasteiger partial charge in [-0.3, -0.25) is 14.4 Å². The number of carbonyl (C=O) groups excluding carboxylic acids is 3. The van der Waals surface area contributed by atoms with Crippen LogP contribution < -0.4 is 5.32 Å². The van der Waals surface area contributed by atoms with E-state index >= 15 is 0 Å².